The summed E-state index contributed by atoms with van der Waals surface area (Å²) in [7, 11) is 1.21. The Hall–Kier alpha value is -2.41. The molecular formula is C14H18N2O5. The maximum Gasteiger partial charge on any atom is 0.326 e. The van der Waals surface area contributed by atoms with E-state index in [2.05, 4.69) is 10.1 Å². The number of nitrogens with one attached hydrogen (secondary N) is 1. The number of carboxylic acid groups (broad SMARTS) is 1. The number of benzene rings is 1. The van der Waals surface area contributed by atoms with Gasteiger partial charge >= 0.3 is 11.9 Å². The number of methoxy groups -OCH3 is 1. The third kappa shape index (κ3) is 5.23. The van der Waals surface area contributed by atoms with Crippen molar-refractivity contribution in [3.05, 3.63) is 35.9 Å². The van der Waals surface area contributed by atoms with Gasteiger partial charge in [-0.1, -0.05) is 30.3 Å². The van der Waals surface area contributed by atoms with Crippen LogP contribution in [-0.4, -0.2) is 36.1 Å². The van der Waals surface area contributed by atoms with E-state index in [1.54, 1.807) is 30.3 Å². The summed E-state index contributed by atoms with van der Waals surface area (Å²) in [6, 6.07) is 6.44. The van der Waals surface area contributed by atoms with Crippen LogP contribution in [0.3, 0.4) is 0 Å². The predicted octanol–water partition coefficient (Wildman–Crippen LogP) is 0.209. The van der Waals surface area contributed by atoms with Gasteiger partial charge in [0.2, 0.25) is 5.91 Å². The lowest BCUT2D eigenvalue weighted by molar-refractivity contribution is -0.144. The Kier molecular flexibility index (Phi) is 6.35. The first-order valence-corrected chi connectivity index (χ1v) is 6.36. The van der Waals surface area contributed by atoms with Gasteiger partial charge in [-0.15, -0.1) is 0 Å². The van der Waals surface area contributed by atoms with Crippen molar-refractivity contribution >= 4 is 17.8 Å². The highest BCUT2D eigenvalue weighted by molar-refractivity contribution is 5.87. The molecule has 0 radical (unpaired) electrons. The highest BCUT2D eigenvalue weighted by Gasteiger charge is 2.24. The van der Waals surface area contributed by atoms with Crippen molar-refractivity contribution < 1.29 is 24.2 Å². The van der Waals surface area contributed by atoms with Gasteiger partial charge in [0.15, 0.2) is 0 Å². The molecular weight excluding hydrogens is 276 g/mol. The monoisotopic (exact) mass is 294 g/mol. The minimum atomic E-state index is -1.23. The Morgan fingerprint density at radius 2 is 1.90 bits per heavy atom. The second-order valence-electron chi connectivity index (χ2n) is 4.40. The second-order valence-corrected chi connectivity index (χ2v) is 4.40. The molecule has 0 aliphatic carbocycles. The molecule has 0 saturated carbocycles. The molecule has 0 saturated heterocycles. The van der Waals surface area contributed by atoms with Crippen molar-refractivity contribution in [3.63, 3.8) is 0 Å². The summed E-state index contributed by atoms with van der Waals surface area (Å²) in [6.07, 6.45) is -0.163. The van der Waals surface area contributed by atoms with E-state index in [9.17, 15) is 14.4 Å². The lowest BCUT2D eigenvalue weighted by atomic mass is 10.1. The summed E-state index contributed by atoms with van der Waals surface area (Å²) >= 11 is 0. The van der Waals surface area contributed by atoms with Gasteiger partial charge in [-0.3, -0.25) is 9.59 Å². The van der Waals surface area contributed by atoms with E-state index < -0.39 is 29.9 Å². The molecule has 1 unspecified atom stereocenters. The van der Waals surface area contributed by atoms with Crippen LogP contribution in [-0.2, 0) is 19.1 Å². The molecule has 1 rings (SSSR count). The topological polar surface area (TPSA) is 119 Å². The number of carbonyl (C=O) groups excluding carboxylic acids is 2. The highest BCUT2D eigenvalue weighted by Crippen LogP contribution is 2.10. The van der Waals surface area contributed by atoms with E-state index in [0.29, 0.717) is 5.56 Å². The number of aliphatic carboxylic acids is 1. The van der Waals surface area contributed by atoms with E-state index in [4.69, 9.17) is 10.8 Å². The summed E-state index contributed by atoms with van der Waals surface area (Å²) in [5.41, 5.74) is 6.35. The molecule has 7 heteroatoms. The first kappa shape index (κ1) is 16.6. The Labute approximate surface area is 122 Å². The molecule has 0 spiro atoms. The van der Waals surface area contributed by atoms with Crippen molar-refractivity contribution in [1.29, 1.82) is 0 Å². The van der Waals surface area contributed by atoms with E-state index in [0.717, 1.165) is 0 Å². The van der Waals surface area contributed by atoms with Crippen molar-refractivity contribution in [1.82, 2.24) is 5.32 Å². The summed E-state index contributed by atoms with van der Waals surface area (Å²) in [4.78, 5) is 34.1. The Balaban J connectivity index is 2.64. The van der Waals surface area contributed by atoms with Crippen LogP contribution in [0.2, 0.25) is 0 Å². The highest BCUT2D eigenvalue weighted by atomic mass is 16.5. The van der Waals surface area contributed by atoms with E-state index in [1.807, 2.05) is 0 Å². The lowest BCUT2D eigenvalue weighted by Gasteiger charge is -2.17. The minimum Gasteiger partial charge on any atom is -0.480 e. The van der Waals surface area contributed by atoms with Crippen LogP contribution in [0.15, 0.2) is 30.3 Å². The maximum absolute atomic E-state index is 12.0. The third-order valence-electron chi connectivity index (χ3n) is 2.92. The quantitative estimate of drug-likeness (QED) is 0.618. The molecule has 1 aromatic rings. The van der Waals surface area contributed by atoms with E-state index in [1.165, 1.54) is 7.11 Å². The molecule has 1 amide bonds. The number of carbonyl (C=O) groups is 3. The van der Waals surface area contributed by atoms with Crippen molar-refractivity contribution in [3.8, 4) is 0 Å². The maximum atomic E-state index is 12.0. The molecule has 0 fully saturated rings. The molecule has 7 nitrogen and oxygen atoms in total. The fraction of sp³-hybridized carbons (Fsp3) is 0.357. The number of rotatable bonds is 7. The number of carboxylic acids is 1. The zero-order valence-electron chi connectivity index (χ0n) is 11.6. The molecule has 114 valence electrons. The van der Waals surface area contributed by atoms with Gasteiger partial charge in [0, 0.05) is 6.42 Å². The van der Waals surface area contributed by atoms with Gasteiger partial charge < -0.3 is 20.9 Å². The lowest BCUT2D eigenvalue weighted by Crippen LogP contribution is -2.45. The molecule has 4 N–H and O–H groups in total. The van der Waals surface area contributed by atoms with E-state index >= 15 is 0 Å². The van der Waals surface area contributed by atoms with Crippen LogP contribution in [0.1, 0.15) is 24.4 Å². The zero-order chi connectivity index (χ0) is 15.8. The van der Waals surface area contributed by atoms with Gasteiger partial charge in [-0.25, -0.2) is 4.79 Å². The van der Waals surface area contributed by atoms with Gasteiger partial charge in [0.05, 0.1) is 7.11 Å². The number of nitrogens with two attached hydrogens (primary N) is 1. The van der Waals surface area contributed by atoms with Gasteiger partial charge in [-0.05, 0) is 12.0 Å². The third-order valence-corrected chi connectivity index (χ3v) is 2.92. The van der Waals surface area contributed by atoms with Crippen LogP contribution in [0.25, 0.3) is 0 Å². The number of ether oxygens (including phenoxy) is 1. The molecule has 0 aliphatic heterocycles. The smallest absolute Gasteiger partial charge is 0.326 e. The number of esters is 1. The Bertz CT molecular complexity index is 503. The first-order valence-electron chi connectivity index (χ1n) is 6.36. The fourth-order valence-electron chi connectivity index (χ4n) is 1.69. The zero-order valence-corrected chi connectivity index (χ0v) is 11.6. The molecule has 2 atom stereocenters. The molecule has 0 bridgehead atoms. The number of hydrogen-bond acceptors (Lipinski definition) is 5. The average Bonchev–Trinajstić information content (AvgIpc) is 2.50. The largest absolute Gasteiger partial charge is 0.480 e. The van der Waals surface area contributed by atoms with Crippen molar-refractivity contribution in [2.45, 2.75) is 24.9 Å². The number of amides is 1. The summed E-state index contributed by atoms with van der Waals surface area (Å²) in [5.74, 6) is -2.38. The summed E-state index contributed by atoms with van der Waals surface area (Å²) < 4.78 is 4.43. The molecule has 0 aromatic heterocycles. The summed E-state index contributed by atoms with van der Waals surface area (Å²) in [5, 5.41) is 11.4. The second kappa shape index (κ2) is 8.01. The molecule has 0 aliphatic rings. The molecule has 0 heterocycles. The van der Waals surface area contributed by atoms with Gasteiger partial charge in [-0.2, -0.15) is 0 Å². The molecule has 21 heavy (non-hydrogen) atoms. The van der Waals surface area contributed by atoms with Crippen molar-refractivity contribution in [2.75, 3.05) is 7.11 Å². The van der Waals surface area contributed by atoms with Crippen molar-refractivity contribution in [2.24, 2.45) is 5.73 Å². The van der Waals surface area contributed by atoms with E-state index in [-0.39, 0.29) is 12.8 Å². The van der Waals surface area contributed by atoms with Crippen LogP contribution >= 0.6 is 0 Å². The first-order chi connectivity index (χ1) is 9.95. The standard InChI is InChI=1S/C14H18N2O5/c1-21-11(17)8-7-10(14(19)20)16-13(18)12(15)9-5-3-2-4-6-9/h2-6,10,12H,7-8,15H2,1H3,(H,16,18)(H,19,20)/t10?,12-/m1/s1. The van der Waals surface area contributed by atoms with Crippen LogP contribution in [0.4, 0.5) is 0 Å². The SMILES string of the molecule is COC(=O)CCC(NC(=O)[C@H](N)c1ccccc1)C(=O)O. The predicted molar refractivity (Wildman–Crippen MR) is 74.2 cm³/mol. The number of hydrogen-bond donors (Lipinski definition) is 3. The van der Waals surface area contributed by atoms with Crippen LogP contribution < -0.4 is 11.1 Å². The van der Waals surface area contributed by atoms with Gasteiger partial charge in [0.1, 0.15) is 12.1 Å². The van der Waals surface area contributed by atoms with Gasteiger partial charge in [0.25, 0.3) is 0 Å². The summed E-state index contributed by atoms with van der Waals surface area (Å²) in [6.45, 7) is 0. The Morgan fingerprint density at radius 1 is 1.29 bits per heavy atom. The van der Waals surface area contributed by atoms with Crippen LogP contribution in [0.5, 0.6) is 0 Å². The Morgan fingerprint density at radius 3 is 2.43 bits per heavy atom. The minimum absolute atomic E-state index is 0.0603. The van der Waals surface area contributed by atoms with Crippen LogP contribution in [0, 0.1) is 0 Å². The average molecular weight is 294 g/mol. The normalized spacial score (nSPS) is 13.0. The molecule has 1 aromatic carbocycles. The fourth-order valence-corrected chi connectivity index (χ4v) is 1.69.